The number of nitrogens with one attached hydrogen (secondary N) is 10. The van der Waals surface area contributed by atoms with E-state index in [1.54, 1.807) is 143 Å². The maximum atomic E-state index is 15.5. The van der Waals surface area contributed by atoms with Crippen molar-refractivity contribution in [1.29, 1.82) is 0 Å². The summed E-state index contributed by atoms with van der Waals surface area (Å²) in [6.45, 7) is 15.8. The van der Waals surface area contributed by atoms with Crippen LogP contribution in [0.25, 0.3) is 21.5 Å². The second-order valence-electron chi connectivity index (χ2n) is 32.8. The fourth-order valence-corrected chi connectivity index (χ4v) is 15.7. The third kappa shape index (κ3) is 22.6. The Hall–Kier alpha value is -11.8. The minimum Gasteiger partial charge on any atom is -0.487 e. The van der Waals surface area contributed by atoms with E-state index in [0.29, 0.717) is 45.1 Å². The normalized spacial score (nSPS) is 21.1. The number of likely N-dealkylation sites (N-methyl/N-ethyl adjacent to an activating group) is 2. The fourth-order valence-electron chi connectivity index (χ4n) is 14.5. The third-order valence-electron chi connectivity index (χ3n) is 21.9. The van der Waals surface area contributed by atoms with Crippen LogP contribution in [0.15, 0.2) is 146 Å². The first-order valence-electron chi connectivity index (χ1n) is 40.0. The molecule has 2 fully saturated rings. The van der Waals surface area contributed by atoms with Gasteiger partial charge in [0.15, 0.2) is 0 Å². The van der Waals surface area contributed by atoms with E-state index in [1.165, 1.54) is 33.0 Å². The highest BCUT2D eigenvalue weighted by molar-refractivity contribution is 7.90. The number of ether oxygens (including phenoxy) is 2. The van der Waals surface area contributed by atoms with Crippen molar-refractivity contribution >= 4 is 101 Å². The molecule has 120 heavy (non-hydrogen) atoms. The predicted molar refractivity (Wildman–Crippen MR) is 445 cm³/mol. The zero-order chi connectivity index (χ0) is 86.7. The van der Waals surface area contributed by atoms with Gasteiger partial charge in [-0.05, 0) is 121 Å². The van der Waals surface area contributed by atoms with Crippen LogP contribution in [-0.4, -0.2) is 215 Å². The number of nitrogens with zero attached hydrogens (tertiary/aromatic N) is 8. The summed E-state index contributed by atoms with van der Waals surface area (Å²) in [7, 11) is -5.28. The maximum absolute atomic E-state index is 15.5. The highest BCUT2D eigenvalue weighted by Gasteiger charge is 2.49. The average molecular weight is 1690 g/mol. The van der Waals surface area contributed by atoms with Gasteiger partial charge in [-0.3, -0.25) is 57.4 Å². The summed E-state index contributed by atoms with van der Waals surface area (Å²) < 4.78 is 72.3. The van der Waals surface area contributed by atoms with Crippen LogP contribution >= 0.6 is 0 Å². The quantitative estimate of drug-likeness (QED) is 0.0590. The Morgan fingerprint density at radius 3 is 1.19 bits per heavy atom. The number of amides is 10. The molecule has 12 atom stereocenters. The van der Waals surface area contributed by atoms with Crippen molar-refractivity contribution in [2.24, 2.45) is 10.8 Å². The summed E-state index contributed by atoms with van der Waals surface area (Å²) in [6.07, 6.45) is 2.02. The number of likely N-dealkylation sites (tertiary alicyclic amines) is 2. The largest absolute Gasteiger partial charge is 0.487 e. The summed E-state index contributed by atoms with van der Waals surface area (Å²) in [6, 6.07) is 24.4. The Morgan fingerprint density at radius 1 is 0.492 bits per heavy atom. The minimum absolute atomic E-state index is 0.103. The van der Waals surface area contributed by atoms with Crippen molar-refractivity contribution in [1.82, 2.24) is 91.8 Å². The number of sulfonamides is 2. The number of aromatic nitrogens is 6. The van der Waals surface area contributed by atoms with Crippen LogP contribution in [0, 0.1) is 10.8 Å². The molecule has 6 aliphatic rings. The van der Waals surface area contributed by atoms with Gasteiger partial charge in [0, 0.05) is 51.6 Å². The zero-order valence-corrected chi connectivity index (χ0v) is 70.8. The van der Waals surface area contributed by atoms with Crippen LogP contribution < -0.4 is 61.5 Å². The Labute approximate surface area is 697 Å². The molecule has 12 bridgehead atoms. The van der Waals surface area contributed by atoms with Crippen LogP contribution in [0.5, 0.6) is 11.5 Å². The van der Waals surface area contributed by atoms with Gasteiger partial charge in [-0.25, -0.2) is 26.2 Å². The Balaban J connectivity index is 0.968. The molecule has 10 N–H and O–H groups in total. The lowest BCUT2D eigenvalue weighted by Crippen LogP contribution is -2.61. The van der Waals surface area contributed by atoms with Crippen molar-refractivity contribution < 1.29 is 74.3 Å². The summed E-state index contributed by atoms with van der Waals surface area (Å²) in [5, 5.41) is 43.9. The molecule has 0 aliphatic carbocycles. The van der Waals surface area contributed by atoms with Crippen molar-refractivity contribution in [2.45, 2.75) is 193 Å². The second-order valence-corrected chi connectivity index (χ2v) is 36.9. The third-order valence-corrected chi connectivity index (χ3v) is 24.4. The van der Waals surface area contributed by atoms with Gasteiger partial charge in [-0.1, -0.05) is 161 Å². The van der Waals surface area contributed by atoms with E-state index in [4.69, 9.17) is 9.47 Å². The standard InChI is InChI=1S/C84H106N18O16S2/c1-13-119(113,114)95-77(107)67-37-51-25-31-63(32-26-51)117-47-59-43-102(97-93-59)62-42-70(100(46-62)82(112)72(84(8,9)10)92-74(104)50(4)86-12)80(110)90-66(40-54-24-30-56-20-16-18-22-58(56)36-54)76(106)88-68(78(108)96-120(115,116)14-2)38-52-27-33-64(34-28-52)118-48-60-44-101(98-94-60)61-41-69(99(45-61)81(111)71(83(5,6)7)91-73(103)49(3)85-11)79(109)89-65(75(105)87-67)39-53-23-29-55-19-15-17-21-57(55)35-53/h15-36,43-44,49-50,61-62,65-72,85-86H,13-14,37-42,45-48H2,1-12H3,(H,87,105)(H,88,106)(H,89,109)(H,90,110)(H,91,103)(H,92,104)(H,95,107)(H,96,108)/t49-,50-,61-,62-,65-,66-,67-,68-,69-,70-,71+,72+/m0/s1. The molecule has 34 nitrogen and oxygen atoms in total. The number of fused-ring (bicyclic) bond motifs is 2. The van der Waals surface area contributed by atoms with Crippen LogP contribution in [0.3, 0.4) is 0 Å². The van der Waals surface area contributed by atoms with Crippen molar-refractivity contribution in [2.75, 3.05) is 38.7 Å². The molecule has 8 heterocycles. The first-order chi connectivity index (χ1) is 56.9. The lowest BCUT2D eigenvalue weighted by atomic mass is 9.85. The van der Waals surface area contributed by atoms with Gasteiger partial charge < -0.3 is 61.8 Å². The fraction of sp³-hybridized carbons (Fsp3) is 0.452. The molecule has 0 spiro atoms. The zero-order valence-electron chi connectivity index (χ0n) is 69.2. The van der Waals surface area contributed by atoms with Crippen LogP contribution in [0.2, 0.25) is 0 Å². The molecular weight excluding hydrogens is 1580 g/mol. The smallest absolute Gasteiger partial charge is 0.256 e. The first-order valence-corrected chi connectivity index (χ1v) is 43.3. The van der Waals surface area contributed by atoms with E-state index in [0.717, 1.165) is 21.5 Å². The molecule has 36 heteroatoms. The first kappa shape index (κ1) is 89.0. The highest BCUT2D eigenvalue weighted by Crippen LogP contribution is 2.35. The van der Waals surface area contributed by atoms with Gasteiger partial charge in [0.1, 0.15) is 84.4 Å². The molecule has 6 aromatic carbocycles. The molecule has 8 aromatic rings. The van der Waals surface area contributed by atoms with E-state index in [9.17, 15) is 36.0 Å². The molecular formula is C84H106N18O16S2. The molecule has 2 aromatic heterocycles. The molecule has 0 saturated carbocycles. The molecule has 14 rings (SSSR count). The van der Waals surface area contributed by atoms with Gasteiger partial charge in [0.05, 0.1) is 48.1 Å². The van der Waals surface area contributed by atoms with Crippen molar-refractivity contribution in [3.05, 3.63) is 179 Å². The van der Waals surface area contributed by atoms with Crippen molar-refractivity contribution in [3.8, 4) is 11.5 Å². The Morgan fingerprint density at radius 2 is 0.850 bits per heavy atom. The SMILES string of the molecule is CCS(=O)(=O)NC(=O)[C@@H]1Cc2ccc(cc2)OCc2cn(nn2)[C@H]2C[C@@H](C(=O)N[C@@H](Cc3ccc4ccccc4c3)C(=O)N[C@H](C(=O)NS(=O)(=O)CC)Cc3ccc(cc3)OCc3cn(nn3)[C@H]3C[C@@H](C(=O)N[C@@H](Cc4ccc5ccccc5c4)C(=O)N1)N(C(=O)[C@@H](NC(=O)[C@H](C)NC)C(C)(C)C)C3)N(C(=O)[C@@H](NC(=O)[C@H](C)NC)C(C)(C)C)C2. The second kappa shape index (κ2) is 38.1. The summed E-state index contributed by atoms with van der Waals surface area (Å²) in [4.78, 5) is 151. The average Bonchev–Trinajstić information content (AvgIpc) is 1.63. The maximum Gasteiger partial charge on any atom is 0.256 e. The number of hydrogen-bond acceptors (Lipinski definition) is 22. The lowest BCUT2D eigenvalue weighted by Gasteiger charge is -2.36. The molecule has 640 valence electrons. The summed E-state index contributed by atoms with van der Waals surface area (Å²) >= 11 is 0. The van der Waals surface area contributed by atoms with Gasteiger partial charge in [0.25, 0.3) is 11.8 Å². The van der Waals surface area contributed by atoms with Gasteiger partial charge in [0.2, 0.25) is 67.3 Å². The molecule has 0 unspecified atom stereocenters. The van der Waals surface area contributed by atoms with Crippen LogP contribution in [0.1, 0.15) is 128 Å². The minimum atomic E-state index is -4.23. The lowest BCUT2D eigenvalue weighted by molar-refractivity contribution is -0.144. The van der Waals surface area contributed by atoms with Gasteiger partial charge in [-0.2, -0.15) is 0 Å². The van der Waals surface area contributed by atoms with E-state index in [-0.39, 0.29) is 64.8 Å². The number of hydrogen-bond donors (Lipinski definition) is 10. The summed E-state index contributed by atoms with van der Waals surface area (Å²) in [5.41, 5.74) is 0.712. The molecule has 10 amide bonds. The van der Waals surface area contributed by atoms with Gasteiger partial charge >= 0.3 is 0 Å². The van der Waals surface area contributed by atoms with Crippen LogP contribution in [0.4, 0.5) is 0 Å². The van der Waals surface area contributed by atoms with E-state index >= 15 is 28.8 Å². The van der Waals surface area contributed by atoms with E-state index in [1.807, 2.05) is 72.8 Å². The number of rotatable bonds is 18. The topological polar surface area (TPSA) is 446 Å². The predicted octanol–water partition coefficient (Wildman–Crippen LogP) is 3.05. The molecule has 2 saturated heterocycles. The Kier molecular flexibility index (Phi) is 28.3. The monoisotopic (exact) mass is 1690 g/mol. The molecule has 0 radical (unpaired) electrons. The van der Waals surface area contributed by atoms with Crippen molar-refractivity contribution in [3.63, 3.8) is 0 Å². The summed E-state index contributed by atoms with van der Waals surface area (Å²) in [5.74, 6) is -8.18. The van der Waals surface area contributed by atoms with E-state index in [2.05, 4.69) is 72.6 Å². The van der Waals surface area contributed by atoms with Gasteiger partial charge in [-0.15, -0.1) is 10.2 Å². The van der Waals surface area contributed by atoms with Crippen LogP contribution in [-0.2, 0) is 107 Å². The number of carbonyl (C=O) groups excluding carboxylic acids is 10. The number of benzene rings is 6. The Bertz CT molecular complexity index is 5020. The molecule has 6 aliphatic heterocycles. The van der Waals surface area contributed by atoms with E-state index < -0.39 is 174 Å². The highest BCUT2D eigenvalue weighted by atomic mass is 32.2. The number of carbonyl (C=O) groups is 10.